The number of halogens is 1. The van der Waals surface area contributed by atoms with Crippen molar-refractivity contribution in [1.29, 1.82) is 0 Å². The van der Waals surface area contributed by atoms with E-state index in [2.05, 4.69) is 34.5 Å². The molecule has 0 saturated heterocycles. The molecule has 0 fully saturated rings. The van der Waals surface area contributed by atoms with Gasteiger partial charge in [-0.05, 0) is 59.9 Å². The Labute approximate surface area is 188 Å². The lowest BCUT2D eigenvalue weighted by Gasteiger charge is -2.28. The molecule has 0 aliphatic carbocycles. The highest BCUT2D eigenvalue weighted by atomic mass is 35.5. The zero-order valence-corrected chi connectivity index (χ0v) is 18.5. The summed E-state index contributed by atoms with van der Waals surface area (Å²) in [6, 6.07) is 22.1. The molecule has 0 atom stereocenters. The lowest BCUT2D eigenvalue weighted by Crippen LogP contribution is -2.30. The summed E-state index contributed by atoms with van der Waals surface area (Å²) in [5, 5.41) is 3.58. The lowest BCUT2D eigenvalue weighted by molar-refractivity contribution is 0.0947. The van der Waals surface area contributed by atoms with Crippen LogP contribution in [0.4, 0.5) is 0 Å². The molecule has 0 radical (unpaired) electrons. The molecule has 3 aromatic rings. The number of carbonyl (C=O) groups excluding carboxylic acids is 1. The summed E-state index contributed by atoms with van der Waals surface area (Å²) in [6.45, 7) is 5.70. The van der Waals surface area contributed by atoms with Gasteiger partial charge in [0.05, 0.1) is 6.54 Å². The Morgan fingerprint density at radius 1 is 1.06 bits per heavy atom. The van der Waals surface area contributed by atoms with E-state index in [-0.39, 0.29) is 5.91 Å². The summed E-state index contributed by atoms with van der Waals surface area (Å²) in [4.78, 5) is 14.8. The molecular weight excluding hydrogens is 408 g/mol. The first-order valence-corrected chi connectivity index (χ1v) is 11.0. The Kier molecular flexibility index (Phi) is 6.90. The Hall–Kier alpha value is -2.82. The van der Waals surface area contributed by atoms with Crippen molar-refractivity contribution in [1.82, 2.24) is 10.2 Å². The minimum absolute atomic E-state index is 0.0935. The second-order valence-corrected chi connectivity index (χ2v) is 8.35. The average molecular weight is 435 g/mol. The van der Waals surface area contributed by atoms with E-state index in [0.717, 1.165) is 31.6 Å². The molecule has 0 saturated carbocycles. The predicted molar refractivity (Wildman–Crippen MR) is 125 cm³/mol. The highest BCUT2D eigenvalue weighted by Crippen LogP contribution is 2.22. The van der Waals surface area contributed by atoms with E-state index in [1.165, 1.54) is 16.7 Å². The maximum Gasteiger partial charge on any atom is 0.251 e. The fourth-order valence-electron chi connectivity index (χ4n) is 3.81. The van der Waals surface area contributed by atoms with Crippen LogP contribution in [0.25, 0.3) is 0 Å². The van der Waals surface area contributed by atoms with Crippen molar-refractivity contribution in [3.05, 3.63) is 99.6 Å². The normalized spacial score (nSPS) is 13.5. The molecule has 0 spiro atoms. The smallest absolute Gasteiger partial charge is 0.251 e. The number of hydrogen-bond acceptors (Lipinski definition) is 3. The van der Waals surface area contributed by atoms with Gasteiger partial charge in [-0.15, -0.1) is 0 Å². The van der Waals surface area contributed by atoms with E-state index >= 15 is 0 Å². The van der Waals surface area contributed by atoms with Crippen molar-refractivity contribution >= 4 is 17.5 Å². The molecule has 0 unspecified atom stereocenters. The molecule has 1 heterocycles. The summed E-state index contributed by atoms with van der Waals surface area (Å²) in [5.41, 5.74) is 5.76. The summed E-state index contributed by atoms with van der Waals surface area (Å²) < 4.78 is 5.65. The van der Waals surface area contributed by atoms with Gasteiger partial charge in [0.1, 0.15) is 12.4 Å². The van der Waals surface area contributed by atoms with Crippen LogP contribution in [-0.2, 0) is 19.5 Å². The summed E-state index contributed by atoms with van der Waals surface area (Å²) in [5.74, 6) is 0.610. The van der Waals surface area contributed by atoms with Gasteiger partial charge in [0.25, 0.3) is 5.91 Å². The molecule has 1 aliphatic rings. The molecule has 1 amide bonds. The van der Waals surface area contributed by atoms with Gasteiger partial charge in [0.2, 0.25) is 0 Å². The standard InChI is InChI=1S/C26H27ClN2O2/c1-19-6-11-24(16-25(19)27)31-15-13-28-26(30)22-9-7-20(8-10-22)17-29-14-12-21-4-2-3-5-23(21)18-29/h2-11,16H,12-15,17-18H2,1H3,(H,28,30). The van der Waals surface area contributed by atoms with E-state index in [1.54, 1.807) is 6.07 Å². The van der Waals surface area contributed by atoms with Crippen molar-refractivity contribution in [2.75, 3.05) is 19.7 Å². The molecule has 3 aromatic carbocycles. The van der Waals surface area contributed by atoms with Gasteiger partial charge in [0.15, 0.2) is 0 Å². The molecule has 1 N–H and O–H groups in total. The monoisotopic (exact) mass is 434 g/mol. The number of fused-ring (bicyclic) bond motifs is 1. The van der Waals surface area contributed by atoms with E-state index < -0.39 is 0 Å². The van der Waals surface area contributed by atoms with E-state index in [4.69, 9.17) is 16.3 Å². The van der Waals surface area contributed by atoms with Gasteiger partial charge < -0.3 is 10.1 Å². The second-order valence-electron chi connectivity index (χ2n) is 7.94. The molecular formula is C26H27ClN2O2. The number of aryl methyl sites for hydroxylation is 1. The number of benzene rings is 3. The molecule has 0 aromatic heterocycles. The van der Waals surface area contributed by atoms with Gasteiger partial charge in [-0.25, -0.2) is 0 Å². The Morgan fingerprint density at radius 3 is 2.61 bits per heavy atom. The topological polar surface area (TPSA) is 41.6 Å². The number of rotatable bonds is 7. The summed E-state index contributed by atoms with van der Waals surface area (Å²) >= 11 is 6.10. The summed E-state index contributed by atoms with van der Waals surface area (Å²) in [6.07, 6.45) is 1.09. The minimum Gasteiger partial charge on any atom is -0.492 e. The quantitative estimate of drug-likeness (QED) is 0.531. The molecule has 1 aliphatic heterocycles. The maximum absolute atomic E-state index is 12.4. The van der Waals surface area contributed by atoms with Crippen LogP contribution in [0.15, 0.2) is 66.7 Å². The number of nitrogens with zero attached hydrogens (tertiary/aromatic N) is 1. The molecule has 4 rings (SSSR count). The van der Waals surface area contributed by atoms with Gasteiger partial charge in [-0.1, -0.05) is 54.1 Å². The van der Waals surface area contributed by atoms with Crippen LogP contribution in [0.1, 0.15) is 32.6 Å². The molecule has 4 nitrogen and oxygen atoms in total. The van der Waals surface area contributed by atoms with E-state index in [9.17, 15) is 4.79 Å². The number of hydrogen-bond donors (Lipinski definition) is 1. The third-order valence-electron chi connectivity index (χ3n) is 5.63. The Morgan fingerprint density at radius 2 is 1.84 bits per heavy atom. The first-order chi connectivity index (χ1) is 15.1. The third-order valence-corrected chi connectivity index (χ3v) is 6.04. The first-order valence-electron chi connectivity index (χ1n) is 10.6. The lowest BCUT2D eigenvalue weighted by atomic mass is 9.99. The number of carbonyl (C=O) groups is 1. The largest absolute Gasteiger partial charge is 0.492 e. The first kappa shape index (κ1) is 21.4. The van der Waals surface area contributed by atoms with Crippen molar-refractivity contribution in [3.8, 4) is 5.75 Å². The SMILES string of the molecule is Cc1ccc(OCCNC(=O)c2ccc(CN3CCc4ccccc4C3)cc2)cc1Cl. The van der Waals surface area contributed by atoms with Crippen LogP contribution in [-0.4, -0.2) is 30.5 Å². The Balaban J connectivity index is 1.23. The van der Waals surface area contributed by atoms with Gasteiger partial charge in [-0.3, -0.25) is 9.69 Å². The minimum atomic E-state index is -0.0935. The Bertz CT molecular complexity index is 1050. The maximum atomic E-state index is 12.4. The van der Waals surface area contributed by atoms with Crippen LogP contribution in [0.5, 0.6) is 5.75 Å². The van der Waals surface area contributed by atoms with Crippen molar-refractivity contribution in [2.45, 2.75) is 26.4 Å². The fraction of sp³-hybridized carbons (Fsp3) is 0.269. The van der Waals surface area contributed by atoms with Gasteiger partial charge in [-0.2, -0.15) is 0 Å². The second kappa shape index (κ2) is 9.99. The highest BCUT2D eigenvalue weighted by Gasteiger charge is 2.16. The highest BCUT2D eigenvalue weighted by molar-refractivity contribution is 6.31. The summed E-state index contributed by atoms with van der Waals surface area (Å²) in [7, 11) is 0. The van der Waals surface area contributed by atoms with E-state index in [0.29, 0.717) is 29.5 Å². The van der Waals surface area contributed by atoms with Crippen LogP contribution in [0, 0.1) is 6.92 Å². The van der Waals surface area contributed by atoms with Crippen molar-refractivity contribution in [2.24, 2.45) is 0 Å². The van der Waals surface area contributed by atoms with Crippen molar-refractivity contribution in [3.63, 3.8) is 0 Å². The molecule has 5 heteroatoms. The molecule has 0 bridgehead atoms. The van der Waals surface area contributed by atoms with Crippen LogP contribution >= 0.6 is 11.6 Å². The zero-order chi connectivity index (χ0) is 21.6. The zero-order valence-electron chi connectivity index (χ0n) is 17.7. The van der Waals surface area contributed by atoms with Gasteiger partial charge in [0, 0.05) is 30.2 Å². The van der Waals surface area contributed by atoms with Crippen LogP contribution in [0.3, 0.4) is 0 Å². The van der Waals surface area contributed by atoms with Crippen molar-refractivity contribution < 1.29 is 9.53 Å². The predicted octanol–water partition coefficient (Wildman–Crippen LogP) is 5.02. The van der Waals surface area contributed by atoms with E-state index in [1.807, 2.05) is 43.3 Å². The molecule has 160 valence electrons. The number of ether oxygens (including phenoxy) is 1. The molecule has 31 heavy (non-hydrogen) atoms. The van der Waals surface area contributed by atoms with Crippen LogP contribution in [0.2, 0.25) is 5.02 Å². The number of nitrogens with one attached hydrogen (secondary N) is 1. The third kappa shape index (κ3) is 5.66. The average Bonchev–Trinajstić information content (AvgIpc) is 2.79. The van der Waals surface area contributed by atoms with Crippen LogP contribution < -0.4 is 10.1 Å². The fourth-order valence-corrected chi connectivity index (χ4v) is 3.98. The number of amides is 1. The van der Waals surface area contributed by atoms with Gasteiger partial charge >= 0.3 is 0 Å².